The van der Waals surface area contributed by atoms with Gasteiger partial charge < -0.3 is 0 Å². The SMILES string of the molecule is CC.CCB(c1ccccc1)c1ccccc1. The van der Waals surface area contributed by atoms with Crippen LogP contribution in [0.15, 0.2) is 60.7 Å². The molecule has 2 aromatic rings. The molecule has 0 radical (unpaired) electrons. The average molecular weight is 224 g/mol. The van der Waals surface area contributed by atoms with Gasteiger partial charge in [-0.15, -0.1) is 0 Å². The minimum Gasteiger partial charge on any atom is -0.0742 e. The highest BCUT2D eigenvalue weighted by atomic mass is 13.9. The normalized spacial score (nSPS) is 9.12. The molecule has 0 saturated heterocycles. The van der Waals surface area contributed by atoms with E-state index < -0.39 is 0 Å². The van der Waals surface area contributed by atoms with Gasteiger partial charge in [0.25, 0.3) is 0 Å². The van der Waals surface area contributed by atoms with Crippen LogP contribution >= 0.6 is 0 Å². The maximum atomic E-state index is 2.24. The van der Waals surface area contributed by atoms with Gasteiger partial charge in [-0.3, -0.25) is 0 Å². The molecule has 0 fully saturated rings. The Kier molecular flexibility index (Phi) is 6.17. The Balaban J connectivity index is 0.000000686. The van der Waals surface area contributed by atoms with E-state index in [1.54, 1.807) is 0 Å². The second-order valence-corrected chi connectivity index (χ2v) is 3.78. The summed E-state index contributed by atoms with van der Waals surface area (Å²) in [5.41, 5.74) is 2.82. The summed E-state index contributed by atoms with van der Waals surface area (Å²) in [4.78, 5) is 0. The number of rotatable bonds is 3. The van der Waals surface area contributed by atoms with Crippen LogP contribution in [-0.2, 0) is 0 Å². The summed E-state index contributed by atoms with van der Waals surface area (Å²) in [6.07, 6.45) is 1.15. The van der Waals surface area contributed by atoms with Crippen molar-refractivity contribution in [1.82, 2.24) is 0 Å². The molecule has 0 heterocycles. The van der Waals surface area contributed by atoms with Crippen molar-refractivity contribution in [1.29, 1.82) is 0 Å². The van der Waals surface area contributed by atoms with Gasteiger partial charge in [-0.25, -0.2) is 0 Å². The first-order chi connectivity index (χ1) is 8.42. The molecular weight excluding hydrogens is 203 g/mol. The number of hydrogen-bond donors (Lipinski definition) is 0. The maximum Gasteiger partial charge on any atom is 0.209 e. The van der Waals surface area contributed by atoms with E-state index in [4.69, 9.17) is 0 Å². The summed E-state index contributed by atoms with van der Waals surface area (Å²) in [5, 5.41) is 0. The van der Waals surface area contributed by atoms with Crippen LogP contribution in [0.3, 0.4) is 0 Å². The molecule has 2 aromatic carbocycles. The second-order valence-electron chi connectivity index (χ2n) is 3.78. The van der Waals surface area contributed by atoms with Crippen LogP contribution in [0.1, 0.15) is 20.8 Å². The Hall–Kier alpha value is -1.50. The largest absolute Gasteiger partial charge is 0.209 e. The lowest BCUT2D eigenvalue weighted by molar-refractivity contribution is 1.43. The zero-order chi connectivity index (χ0) is 12.5. The third-order valence-corrected chi connectivity index (χ3v) is 2.81. The second kappa shape index (κ2) is 7.73. The summed E-state index contributed by atoms with van der Waals surface area (Å²) >= 11 is 0. The van der Waals surface area contributed by atoms with E-state index in [-0.39, 0.29) is 0 Å². The molecule has 0 aliphatic carbocycles. The van der Waals surface area contributed by atoms with E-state index >= 15 is 0 Å². The Labute approximate surface area is 106 Å². The molecule has 0 saturated carbocycles. The Morgan fingerprint density at radius 1 is 0.706 bits per heavy atom. The summed E-state index contributed by atoms with van der Waals surface area (Å²) in [7, 11) is 0. The molecule has 0 spiro atoms. The quantitative estimate of drug-likeness (QED) is 0.701. The van der Waals surface area contributed by atoms with Crippen molar-refractivity contribution < 1.29 is 0 Å². The van der Waals surface area contributed by atoms with Gasteiger partial charge >= 0.3 is 0 Å². The third-order valence-electron chi connectivity index (χ3n) is 2.81. The van der Waals surface area contributed by atoms with Gasteiger partial charge in [0.15, 0.2) is 0 Å². The molecule has 0 amide bonds. The van der Waals surface area contributed by atoms with E-state index in [0.717, 1.165) is 6.32 Å². The van der Waals surface area contributed by atoms with Gasteiger partial charge in [0.1, 0.15) is 0 Å². The number of hydrogen-bond acceptors (Lipinski definition) is 0. The van der Waals surface area contributed by atoms with Gasteiger partial charge in [-0.1, -0.05) is 98.7 Å². The van der Waals surface area contributed by atoms with Crippen molar-refractivity contribution in [2.75, 3.05) is 0 Å². The molecular formula is C16H21B. The number of benzene rings is 2. The molecule has 0 nitrogen and oxygen atoms in total. The fourth-order valence-corrected chi connectivity index (χ4v) is 2.03. The van der Waals surface area contributed by atoms with E-state index in [1.165, 1.54) is 10.9 Å². The van der Waals surface area contributed by atoms with Crippen molar-refractivity contribution in [3.05, 3.63) is 60.7 Å². The standard InChI is InChI=1S/C14H15B.C2H6/c1-2-15(13-9-5-3-6-10-13)14-11-7-4-8-12-14;1-2/h3-12H,2H2,1H3;1-2H3. The summed E-state index contributed by atoms with van der Waals surface area (Å²) in [6.45, 7) is 6.78. The van der Waals surface area contributed by atoms with Crippen molar-refractivity contribution in [3.63, 3.8) is 0 Å². The smallest absolute Gasteiger partial charge is 0.0742 e. The lowest BCUT2D eigenvalue weighted by Crippen LogP contribution is -2.41. The summed E-state index contributed by atoms with van der Waals surface area (Å²) in [6, 6.07) is 21.4. The Morgan fingerprint density at radius 3 is 1.35 bits per heavy atom. The molecule has 1 heteroatoms. The fraction of sp³-hybridized carbons (Fsp3) is 0.250. The first kappa shape index (κ1) is 13.6. The van der Waals surface area contributed by atoms with E-state index in [9.17, 15) is 0 Å². The maximum absolute atomic E-state index is 2.24. The van der Waals surface area contributed by atoms with Crippen LogP contribution in [-0.4, -0.2) is 6.71 Å². The van der Waals surface area contributed by atoms with Gasteiger partial charge in [0.05, 0.1) is 0 Å². The van der Waals surface area contributed by atoms with Gasteiger partial charge in [0.2, 0.25) is 6.71 Å². The predicted octanol–water partition coefficient (Wildman–Crippen LogP) is 3.34. The lowest BCUT2D eigenvalue weighted by Gasteiger charge is -2.11. The lowest BCUT2D eigenvalue weighted by atomic mass is 9.39. The topological polar surface area (TPSA) is 0 Å². The molecule has 17 heavy (non-hydrogen) atoms. The highest BCUT2D eigenvalue weighted by molar-refractivity contribution is 6.85. The molecule has 0 aliphatic heterocycles. The van der Waals surface area contributed by atoms with E-state index in [0.29, 0.717) is 6.71 Å². The molecule has 88 valence electrons. The van der Waals surface area contributed by atoms with Crippen molar-refractivity contribution in [3.8, 4) is 0 Å². The summed E-state index contributed by atoms with van der Waals surface area (Å²) in [5.74, 6) is 0. The minimum absolute atomic E-state index is 0.535. The molecule has 0 bridgehead atoms. The molecule has 2 rings (SSSR count). The first-order valence-corrected chi connectivity index (χ1v) is 6.51. The monoisotopic (exact) mass is 224 g/mol. The zero-order valence-corrected chi connectivity index (χ0v) is 11.1. The van der Waals surface area contributed by atoms with Crippen molar-refractivity contribution >= 4 is 17.6 Å². The van der Waals surface area contributed by atoms with Gasteiger partial charge in [-0.2, -0.15) is 0 Å². The van der Waals surface area contributed by atoms with Crippen LogP contribution in [0.2, 0.25) is 6.32 Å². The highest BCUT2D eigenvalue weighted by Gasteiger charge is 2.15. The van der Waals surface area contributed by atoms with Crippen LogP contribution in [0.25, 0.3) is 0 Å². The zero-order valence-electron chi connectivity index (χ0n) is 11.1. The molecule has 0 unspecified atom stereocenters. The molecule has 0 atom stereocenters. The van der Waals surface area contributed by atoms with Crippen LogP contribution in [0.4, 0.5) is 0 Å². The average Bonchev–Trinajstić information content (AvgIpc) is 2.44. The fourth-order valence-electron chi connectivity index (χ4n) is 2.03. The minimum atomic E-state index is 0.535. The van der Waals surface area contributed by atoms with E-state index in [2.05, 4.69) is 67.6 Å². The Morgan fingerprint density at radius 2 is 1.06 bits per heavy atom. The van der Waals surface area contributed by atoms with E-state index in [1.807, 2.05) is 13.8 Å². The van der Waals surface area contributed by atoms with Crippen LogP contribution in [0, 0.1) is 0 Å². The van der Waals surface area contributed by atoms with Crippen LogP contribution in [0.5, 0.6) is 0 Å². The molecule has 0 aromatic heterocycles. The third kappa shape index (κ3) is 3.78. The summed E-state index contributed by atoms with van der Waals surface area (Å²) < 4.78 is 0. The predicted molar refractivity (Wildman–Crippen MR) is 79.7 cm³/mol. The molecule has 0 N–H and O–H groups in total. The molecule has 0 aliphatic rings. The van der Waals surface area contributed by atoms with Crippen molar-refractivity contribution in [2.24, 2.45) is 0 Å². The first-order valence-electron chi connectivity index (χ1n) is 6.51. The van der Waals surface area contributed by atoms with Gasteiger partial charge in [0, 0.05) is 0 Å². The highest BCUT2D eigenvalue weighted by Crippen LogP contribution is 1.96. The Bertz CT molecular complexity index is 355. The van der Waals surface area contributed by atoms with Crippen LogP contribution < -0.4 is 10.9 Å². The van der Waals surface area contributed by atoms with Crippen molar-refractivity contribution in [2.45, 2.75) is 27.1 Å². The van der Waals surface area contributed by atoms with Gasteiger partial charge in [-0.05, 0) is 0 Å².